The third kappa shape index (κ3) is 3.60. The molecule has 1 aromatic heterocycles. The monoisotopic (exact) mass is 318 g/mol. The van der Waals surface area contributed by atoms with Crippen molar-refractivity contribution in [3.63, 3.8) is 0 Å². The van der Waals surface area contributed by atoms with Gasteiger partial charge in [-0.3, -0.25) is 9.59 Å². The second-order valence-electron chi connectivity index (χ2n) is 5.59. The van der Waals surface area contributed by atoms with Crippen molar-refractivity contribution in [2.75, 3.05) is 5.32 Å². The Morgan fingerprint density at radius 2 is 1.62 bits per heavy atom. The Balaban J connectivity index is 1.74. The first kappa shape index (κ1) is 15.7. The molecule has 1 heterocycles. The molecule has 3 aromatic rings. The Labute approximate surface area is 140 Å². The molecule has 3 rings (SSSR count). The standard InChI is InChI=1S/C20H18N2O2/c1-15(23)17-9-11-18(12-10-17)21-20(24)19-8-5-13-22(19)14-16-6-3-2-4-7-16/h2-13H,14H2,1H3,(H,21,24). The summed E-state index contributed by atoms with van der Waals surface area (Å²) in [5.74, 6) is -0.170. The summed E-state index contributed by atoms with van der Waals surface area (Å²) in [7, 11) is 0. The molecule has 4 heteroatoms. The SMILES string of the molecule is CC(=O)c1ccc(NC(=O)c2cccn2Cc2ccccc2)cc1. The van der Waals surface area contributed by atoms with Crippen LogP contribution in [0.1, 0.15) is 33.3 Å². The predicted molar refractivity (Wildman–Crippen MR) is 94.4 cm³/mol. The molecule has 0 saturated carbocycles. The van der Waals surface area contributed by atoms with E-state index in [4.69, 9.17) is 0 Å². The average Bonchev–Trinajstić information content (AvgIpc) is 3.04. The molecule has 2 aromatic carbocycles. The molecule has 0 atom stereocenters. The molecule has 0 bridgehead atoms. The van der Waals surface area contributed by atoms with E-state index in [1.165, 1.54) is 6.92 Å². The highest BCUT2D eigenvalue weighted by Crippen LogP contribution is 2.13. The summed E-state index contributed by atoms with van der Waals surface area (Å²) in [5, 5.41) is 2.87. The number of amides is 1. The van der Waals surface area contributed by atoms with E-state index in [1.807, 2.05) is 47.2 Å². The topological polar surface area (TPSA) is 51.1 Å². The van der Waals surface area contributed by atoms with Crippen LogP contribution in [0, 0.1) is 0 Å². The Kier molecular flexibility index (Phi) is 4.57. The first-order valence-electron chi connectivity index (χ1n) is 7.75. The Morgan fingerprint density at radius 1 is 0.917 bits per heavy atom. The van der Waals surface area contributed by atoms with Crippen molar-refractivity contribution >= 4 is 17.4 Å². The average molecular weight is 318 g/mol. The van der Waals surface area contributed by atoms with E-state index in [9.17, 15) is 9.59 Å². The number of Topliss-reactive ketones (excluding diaryl/α,β-unsaturated/α-hetero) is 1. The fraction of sp³-hybridized carbons (Fsp3) is 0.100. The van der Waals surface area contributed by atoms with Crippen LogP contribution < -0.4 is 5.32 Å². The van der Waals surface area contributed by atoms with Crippen molar-refractivity contribution in [3.8, 4) is 0 Å². The van der Waals surface area contributed by atoms with Crippen LogP contribution in [0.25, 0.3) is 0 Å². The van der Waals surface area contributed by atoms with Gasteiger partial charge in [-0.2, -0.15) is 0 Å². The molecule has 0 radical (unpaired) electrons. The number of hydrogen-bond acceptors (Lipinski definition) is 2. The summed E-state index contributed by atoms with van der Waals surface area (Å²) in [4.78, 5) is 23.8. The van der Waals surface area contributed by atoms with E-state index in [-0.39, 0.29) is 11.7 Å². The summed E-state index contributed by atoms with van der Waals surface area (Å²) in [6.07, 6.45) is 1.89. The molecule has 4 nitrogen and oxygen atoms in total. The second-order valence-corrected chi connectivity index (χ2v) is 5.59. The Hall–Kier alpha value is -3.14. The molecule has 0 aliphatic heterocycles. The van der Waals surface area contributed by atoms with Gasteiger partial charge in [0, 0.05) is 24.0 Å². The van der Waals surface area contributed by atoms with Gasteiger partial charge in [-0.25, -0.2) is 0 Å². The number of carbonyl (C=O) groups is 2. The fourth-order valence-corrected chi connectivity index (χ4v) is 2.52. The van der Waals surface area contributed by atoms with E-state index in [2.05, 4.69) is 5.32 Å². The smallest absolute Gasteiger partial charge is 0.272 e. The number of hydrogen-bond donors (Lipinski definition) is 1. The van der Waals surface area contributed by atoms with E-state index < -0.39 is 0 Å². The van der Waals surface area contributed by atoms with E-state index >= 15 is 0 Å². The number of ketones is 1. The normalized spacial score (nSPS) is 10.4. The van der Waals surface area contributed by atoms with Crippen LogP contribution in [0.15, 0.2) is 72.9 Å². The highest BCUT2D eigenvalue weighted by Gasteiger charge is 2.11. The number of benzene rings is 2. The lowest BCUT2D eigenvalue weighted by molar-refractivity contribution is 0.101. The van der Waals surface area contributed by atoms with E-state index in [0.29, 0.717) is 23.5 Å². The zero-order chi connectivity index (χ0) is 16.9. The molecular weight excluding hydrogens is 300 g/mol. The summed E-state index contributed by atoms with van der Waals surface area (Å²) in [5.41, 5.74) is 3.01. The number of rotatable bonds is 5. The maximum Gasteiger partial charge on any atom is 0.272 e. The predicted octanol–water partition coefficient (Wildman–Crippen LogP) is 3.99. The number of carbonyl (C=O) groups excluding carboxylic acids is 2. The molecule has 0 fully saturated rings. The van der Waals surface area contributed by atoms with Gasteiger partial charge in [0.15, 0.2) is 5.78 Å². The van der Waals surface area contributed by atoms with Crippen molar-refractivity contribution in [1.82, 2.24) is 4.57 Å². The first-order valence-corrected chi connectivity index (χ1v) is 7.75. The van der Waals surface area contributed by atoms with Crippen LogP contribution in [0.2, 0.25) is 0 Å². The molecule has 0 aliphatic carbocycles. The molecule has 1 amide bonds. The fourth-order valence-electron chi connectivity index (χ4n) is 2.52. The molecule has 0 spiro atoms. The molecule has 1 N–H and O–H groups in total. The second kappa shape index (κ2) is 6.96. The highest BCUT2D eigenvalue weighted by molar-refractivity contribution is 6.03. The molecule has 120 valence electrons. The van der Waals surface area contributed by atoms with Gasteiger partial charge in [0.25, 0.3) is 5.91 Å². The van der Waals surface area contributed by atoms with E-state index in [1.54, 1.807) is 30.3 Å². The minimum atomic E-state index is -0.175. The van der Waals surface area contributed by atoms with Gasteiger partial charge in [0.1, 0.15) is 5.69 Å². The van der Waals surface area contributed by atoms with Crippen LogP contribution >= 0.6 is 0 Å². The minimum Gasteiger partial charge on any atom is -0.339 e. The lowest BCUT2D eigenvalue weighted by Crippen LogP contribution is -2.17. The van der Waals surface area contributed by atoms with Crippen LogP contribution in [0.4, 0.5) is 5.69 Å². The molecule has 0 unspecified atom stereocenters. The summed E-state index contributed by atoms with van der Waals surface area (Å²) >= 11 is 0. The van der Waals surface area contributed by atoms with Crippen LogP contribution in [0.3, 0.4) is 0 Å². The summed E-state index contributed by atoms with van der Waals surface area (Å²) in [6.45, 7) is 2.16. The highest BCUT2D eigenvalue weighted by atomic mass is 16.2. The van der Waals surface area contributed by atoms with Gasteiger partial charge in [-0.15, -0.1) is 0 Å². The van der Waals surface area contributed by atoms with Crippen molar-refractivity contribution in [2.45, 2.75) is 13.5 Å². The molecule has 24 heavy (non-hydrogen) atoms. The largest absolute Gasteiger partial charge is 0.339 e. The van der Waals surface area contributed by atoms with Gasteiger partial charge in [0.05, 0.1) is 0 Å². The van der Waals surface area contributed by atoms with Crippen molar-refractivity contribution in [2.24, 2.45) is 0 Å². The van der Waals surface area contributed by atoms with Gasteiger partial charge in [-0.05, 0) is 48.9 Å². The number of aromatic nitrogens is 1. The molecular formula is C20H18N2O2. The quantitative estimate of drug-likeness (QED) is 0.723. The lowest BCUT2D eigenvalue weighted by atomic mass is 10.1. The van der Waals surface area contributed by atoms with Gasteiger partial charge in [-0.1, -0.05) is 30.3 Å². The van der Waals surface area contributed by atoms with Gasteiger partial charge < -0.3 is 9.88 Å². The van der Waals surface area contributed by atoms with Crippen molar-refractivity contribution in [1.29, 1.82) is 0 Å². The zero-order valence-electron chi connectivity index (χ0n) is 13.4. The Bertz CT molecular complexity index is 849. The molecule has 0 saturated heterocycles. The number of nitrogens with one attached hydrogen (secondary N) is 1. The van der Waals surface area contributed by atoms with Gasteiger partial charge >= 0.3 is 0 Å². The van der Waals surface area contributed by atoms with Crippen LogP contribution in [-0.2, 0) is 6.54 Å². The van der Waals surface area contributed by atoms with Crippen LogP contribution in [0.5, 0.6) is 0 Å². The molecule has 0 aliphatic rings. The van der Waals surface area contributed by atoms with Crippen molar-refractivity contribution in [3.05, 3.63) is 89.7 Å². The van der Waals surface area contributed by atoms with E-state index in [0.717, 1.165) is 5.56 Å². The number of anilines is 1. The number of nitrogens with zero attached hydrogens (tertiary/aromatic N) is 1. The third-order valence-electron chi connectivity index (χ3n) is 3.81. The maximum atomic E-state index is 12.5. The maximum absolute atomic E-state index is 12.5. The summed E-state index contributed by atoms with van der Waals surface area (Å²) < 4.78 is 1.91. The first-order chi connectivity index (χ1) is 11.6. The lowest BCUT2D eigenvalue weighted by Gasteiger charge is -2.10. The third-order valence-corrected chi connectivity index (χ3v) is 3.81. The van der Waals surface area contributed by atoms with Gasteiger partial charge in [0.2, 0.25) is 0 Å². The minimum absolute atomic E-state index is 0.00427. The Morgan fingerprint density at radius 3 is 2.29 bits per heavy atom. The van der Waals surface area contributed by atoms with Crippen LogP contribution in [-0.4, -0.2) is 16.3 Å². The summed E-state index contributed by atoms with van der Waals surface area (Å²) in [6, 6.07) is 20.5. The zero-order valence-corrected chi connectivity index (χ0v) is 13.4. The van der Waals surface area contributed by atoms with Crippen molar-refractivity contribution < 1.29 is 9.59 Å².